The van der Waals surface area contributed by atoms with E-state index in [1.165, 1.54) is 12.1 Å². The number of carbonyl (C=O) groups excluding carboxylic acids is 1. The number of benzene rings is 2. The Bertz CT molecular complexity index is 892. The van der Waals surface area contributed by atoms with Crippen LogP contribution in [0.15, 0.2) is 53.1 Å². The molecule has 0 bridgehead atoms. The lowest BCUT2D eigenvalue weighted by Gasteiger charge is -2.07. The van der Waals surface area contributed by atoms with Gasteiger partial charge in [0.15, 0.2) is 0 Å². The Labute approximate surface area is 143 Å². The number of aromatic nitrogens is 1. The maximum Gasteiger partial charge on any atom is 0.257 e. The van der Waals surface area contributed by atoms with E-state index in [9.17, 15) is 9.18 Å². The number of aryl methyl sites for hydroxylation is 1. The summed E-state index contributed by atoms with van der Waals surface area (Å²) in [5.74, 6) is -0.394. The number of hydrogen-bond donors (Lipinski definition) is 1. The van der Waals surface area contributed by atoms with Crippen molar-refractivity contribution in [2.24, 2.45) is 0 Å². The molecule has 4 nitrogen and oxygen atoms in total. The van der Waals surface area contributed by atoms with Gasteiger partial charge in [0.05, 0.1) is 0 Å². The smallest absolute Gasteiger partial charge is 0.257 e. The predicted molar refractivity (Wildman–Crippen MR) is 89.3 cm³/mol. The zero-order chi connectivity index (χ0) is 17.1. The summed E-state index contributed by atoms with van der Waals surface area (Å²) < 4.78 is 18.6. The Kier molecular flexibility index (Phi) is 4.62. The summed E-state index contributed by atoms with van der Waals surface area (Å²) in [6.45, 7) is 1.91. The van der Waals surface area contributed by atoms with Gasteiger partial charge in [0.2, 0.25) is 0 Å². The van der Waals surface area contributed by atoms with E-state index in [1.54, 1.807) is 25.1 Å². The van der Waals surface area contributed by atoms with E-state index in [2.05, 4.69) is 10.5 Å². The summed E-state index contributed by atoms with van der Waals surface area (Å²) in [5, 5.41) is 7.26. The summed E-state index contributed by atoms with van der Waals surface area (Å²) in [4.78, 5) is 12.5. The molecule has 0 fully saturated rings. The minimum absolute atomic E-state index is 0.270. The van der Waals surface area contributed by atoms with Crippen LogP contribution in [0.4, 0.5) is 4.39 Å². The molecule has 1 amide bonds. The van der Waals surface area contributed by atoms with E-state index >= 15 is 0 Å². The topological polar surface area (TPSA) is 55.1 Å². The molecule has 3 rings (SSSR count). The Hall–Kier alpha value is -2.66. The van der Waals surface area contributed by atoms with E-state index in [4.69, 9.17) is 16.1 Å². The van der Waals surface area contributed by atoms with Gasteiger partial charge in [-0.25, -0.2) is 4.39 Å². The largest absolute Gasteiger partial charge is 0.360 e. The lowest BCUT2D eigenvalue weighted by Crippen LogP contribution is -2.23. The molecule has 0 saturated heterocycles. The van der Waals surface area contributed by atoms with Crippen LogP contribution in [0.25, 0.3) is 11.3 Å². The highest BCUT2D eigenvalue weighted by molar-refractivity contribution is 6.31. The molecular formula is C18H14ClFN2O2. The monoisotopic (exact) mass is 344 g/mol. The van der Waals surface area contributed by atoms with Gasteiger partial charge in [0.25, 0.3) is 5.91 Å². The van der Waals surface area contributed by atoms with Crippen molar-refractivity contribution in [3.63, 3.8) is 0 Å². The van der Waals surface area contributed by atoms with Gasteiger partial charge in [-0.15, -0.1) is 0 Å². The van der Waals surface area contributed by atoms with Crippen LogP contribution in [0.3, 0.4) is 0 Å². The Morgan fingerprint density at radius 1 is 1.25 bits per heavy atom. The summed E-state index contributed by atoms with van der Waals surface area (Å²) in [6.07, 6.45) is 0. The molecule has 6 heteroatoms. The van der Waals surface area contributed by atoms with Crippen LogP contribution in [-0.4, -0.2) is 11.1 Å². The van der Waals surface area contributed by atoms with Crippen LogP contribution in [0.2, 0.25) is 5.02 Å². The molecule has 0 unspecified atom stereocenters. The molecule has 0 aliphatic heterocycles. The number of hydrogen-bond acceptors (Lipinski definition) is 3. The highest BCUT2D eigenvalue weighted by atomic mass is 35.5. The van der Waals surface area contributed by atoms with Crippen molar-refractivity contribution in [3.8, 4) is 11.3 Å². The van der Waals surface area contributed by atoms with E-state index < -0.39 is 5.82 Å². The van der Waals surface area contributed by atoms with Crippen molar-refractivity contribution >= 4 is 17.5 Å². The fourth-order valence-corrected chi connectivity index (χ4v) is 2.58. The number of halogens is 2. The number of nitrogens with zero attached hydrogens (tertiary/aromatic N) is 1. The van der Waals surface area contributed by atoms with Crippen LogP contribution >= 0.6 is 11.6 Å². The van der Waals surface area contributed by atoms with Crippen LogP contribution in [0.1, 0.15) is 21.7 Å². The van der Waals surface area contributed by atoms with Crippen LogP contribution < -0.4 is 5.32 Å². The molecule has 24 heavy (non-hydrogen) atoms. The molecule has 0 atom stereocenters. The minimum Gasteiger partial charge on any atom is -0.360 e. The highest BCUT2D eigenvalue weighted by Crippen LogP contribution is 2.26. The fraction of sp³-hybridized carbons (Fsp3) is 0.111. The summed E-state index contributed by atoms with van der Waals surface area (Å²) in [7, 11) is 0. The van der Waals surface area contributed by atoms with Crippen LogP contribution in [0.5, 0.6) is 0 Å². The SMILES string of the molecule is Cc1onc(-c2cccc(F)c2)c1C(=O)NCc1ccccc1Cl. The third kappa shape index (κ3) is 3.31. The van der Waals surface area contributed by atoms with Gasteiger partial charge in [-0.3, -0.25) is 4.79 Å². The standard InChI is InChI=1S/C18H14ClFN2O2/c1-11-16(17(22-24-11)12-6-4-7-14(20)9-12)18(23)21-10-13-5-2-3-8-15(13)19/h2-9H,10H2,1H3,(H,21,23). The number of amides is 1. The molecule has 1 aromatic heterocycles. The maximum atomic E-state index is 13.4. The average Bonchev–Trinajstić information content (AvgIpc) is 2.95. The molecule has 1 heterocycles. The van der Waals surface area contributed by atoms with Crippen molar-refractivity contribution in [3.05, 3.63) is 76.3 Å². The van der Waals surface area contributed by atoms with Crippen LogP contribution in [-0.2, 0) is 6.54 Å². The molecular weight excluding hydrogens is 331 g/mol. The second kappa shape index (κ2) is 6.84. The third-order valence-electron chi connectivity index (χ3n) is 3.59. The third-order valence-corrected chi connectivity index (χ3v) is 3.95. The van der Waals surface area contributed by atoms with E-state index in [-0.39, 0.29) is 18.0 Å². The first-order chi connectivity index (χ1) is 11.6. The number of carbonyl (C=O) groups is 1. The summed E-state index contributed by atoms with van der Waals surface area (Å²) in [6, 6.07) is 13.1. The molecule has 0 saturated carbocycles. The first-order valence-corrected chi connectivity index (χ1v) is 7.68. The second-order valence-corrected chi connectivity index (χ2v) is 5.65. The lowest BCUT2D eigenvalue weighted by atomic mass is 10.1. The average molecular weight is 345 g/mol. The van der Waals surface area contributed by atoms with E-state index in [0.717, 1.165) is 5.56 Å². The Morgan fingerprint density at radius 3 is 2.79 bits per heavy atom. The van der Waals surface area contributed by atoms with Gasteiger partial charge in [-0.05, 0) is 30.7 Å². The first kappa shape index (κ1) is 16.2. The molecule has 2 aromatic carbocycles. The van der Waals surface area contributed by atoms with Crippen molar-refractivity contribution in [2.75, 3.05) is 0 Å². The lowest BCUT2D eigenvalue weighted by molar-refractivity contribution is 0.0950. The fourth-order valence-electron chi connectivity index (χ4n) is 2.38. The molecule has 0 radical (unpaired) electrons. The van der Waals surface area contributed by atoms with Gasteiger partial charge >= 0.3 is 0 Å². The maximum absolute atomic E-state index is 13.4. The molecule has 0 aliphatic carbocycles. The first-order valence-electron chi connectivity index (χ1n) is 7.30. The molecule has 1 N–H and O–H groups in total. The van der Waals surface area contributed by atoms with Gasteiger partial charge in [-0.2, -0.15) is 0 Å². The molecule has 0 aliphatic rings. The van der Waals surface area contributed by atoms with Gasteiger partial charge < -0.3 is 9.84 Å². The normalized spacial score (nSPS) is 10.6. The van der Waals surface area contributed by atoms with Crippen molar-refractivity contribution in [1.82, 2.24) is 10.5 Å². The molecule has 0 spiro atoms. The van der Waals surface area contributed by atoms with Gasteiger partial charge in [0.1, 0.15) is 22.8 Å². The highest BCUT2D eigenvalue weighted by Gasteiger charge is 2.21. The zero-order valence-electron chi connectivity index (χ0n) is 12.8. The zero-order valence-corrected chi connectivity index (χ0v) is 13.6. The van der Waals surface area contributed by atoms with E-state index in [1.807, 2.05) is 18.2 Å². The van der Waals surface area contributed by atoms with Crippen molar-refractivity contribution in [2.45, 2.75) is 13.5 Å². The summed E-state index contributed by atoms with van der Waals surface area (Å²) in [5.41, 5.74) is 1.87. The Balaban J connectivity index is 1.85. The van der Waals surface area contributed by atoms with Crippen molar-refractivity contribution < 1.29 is 13.7 Å². The molecule has 3 aromatic rings. The summed E-state index contributed by atoms with van der Waals surface area (Å²) >= 11 is 6.08. The Morgan fingerprint density at radius 2 is 2.04 bits per heavy atom. The number of nitrogens with one attached hydrogen (secondary N) is 1. The van der Waals surface area contributed by atoms with Crippen molar-refractivity contribution in [1.29, 1.82) is 0 Å². The van der Waals surface area contributed by atoms with Gasteiger partial charge in [-0.1, -0.05) is 47.1 Å². The second-order valence-electron chi connectivity index (χ2n) is 5.25. The van der Waals surface area contributed by atoms with Gasteiger partial charge in [0, 0.05) is 17.1 Å². The minimum atomic E-state index is -0.407. The van der Waals surface area contributed by atoms with Crippen LogP contribution in [0, 0.1) is 12.7 Å². The predicted octanol–water partition coefficient (Wildman–Crippen LogP) is 4.37. The molecule has 122 valence electrons. The van der Waals surface area contributed by atoms with E-state index in [0.29, 0.717) is 22.0 Å². The number of rotatable bonds is 4. The quantitative estimate of drug-likeness (QED) is 0.764.